The SMILES string of the molecule is CCCC(CCC)=NNC(=O)CN(CCc1ccccc1)S(=O)(=O)c1ccc(NC(C)=O)cc1. The summed E-state index contributed by atoms with van der Waals surface area (Å²) < 4.78 is 27.9. The van der Waals surface area contributed by atoms with Gasteiger partial charge >= 0.3 is 0 Å². The van der Waals surface area contributed by atoms with Crippen LogP contribution >= 0.6 is 0 Å². The summed E-state index contributed by atoms with van der Waals surface area (Å²) >= 11 is 0. The minimum Gasteiger partial charge on any atom is -0.326 e. The maximum Gasteiger partial charge on any atom is 0.255 e. The van der Waals surface area contributed by atoms with Crippen LogP contribution in [-0.4, -0.2) is 43.3 Å². The molecule has 34 heavy (non-hydrogen) atoms. The van der Waals surface area contributed by atoms with Gasteiger partial charge in [0.05, 0.1) is 11.4 Å². The van der Waals surface area contributed by atoms with Crippen molar-refractivity contribution in [1.82, 2.24) is 9.73 Å². The van der Waals surface area contributed by atoms with E-state index < -0.39 is 15.9 Å². The van der Waals surface area contributed by atoms with Crippen LogP contribution in [0.5, 0.6) is 0 Å². The molecule has 0 atom stereocenters. The molecule has 2 aromatic carbocycles. The van der Waals surface area contributed by atoms with E-state index >= 15 is 0 Å². The van der Waals surface area contributed by atoms with E-state index in [0.29, 0.717) is 12.1 Å². The third kappa shape index (κ3) is 8.72. The molecule has 2 aromatic rings. The molecule has 2 amide bonds. The van der Waals surface area contributed by atoms with Gasteiger partial charge in [-0.15, -0.1) is 0 Å². The number of amides is 2. The zero-order chi connectivity index (χ0) is 25.0. The van der Waals surface area contributed by atoms with Crippen molar-refractivity contribution < 1.29 is 18.0 Å². The van der Waals surface area contributed by atoms with Crippen molar-refractivity contribution in [1.29, 1.82) is 0 Å². The van der Waals surface area contributed by atoms with Gasteiger partial charge < -0.3 is 5.32 Å². The van der Waals surface area contributed by atoms with Crippen molar-refractivity contribution in [3.63, 3.8) is 0 Å². The van der Waals surface area contributed by atoms with Crippen LogP contribution in [0.15, 0.2) is 64.6 Å². The number of nitrogens with one attached hydrogen (secondary N) is 2. The van der Waals surface area contributed by atoms with Gasteiger partial charge in [0.2, 0.25) is 15.9 Å². The van der Waals surface area contributed by atoms with Crippen molar-refractivity contribution in [2.45, 2.75) is 57.8 Å². The lowest BCUT2D eigenvalue weighted by Crippen LogP contribution is -2.40. The normalized spacial score (nSPS) is 11.2. The molecule has 0 spiro atoms. The van der Waals surface area contributed by atoms with Gasteiger partial charge in [-0.3, -0.25) is 9.59 Å². The van der Waals surface area contributed by atoms with Gasteiger partial charge in [-0.25, -0.2) is 13.8 Å². The number of hydrazone groups is 1. The third-order valence-electron chi connectivity index (χ3n) is 5.04. The maximum absolute atomic E-state index is 13.4. The number of benzene rings is 2. The molecule has 0 unspecified atom stereocenters. The standard InChI is InChI=1S/C25H34N4O4S/c1-4-9-23(10-5-2)27-28-25(31)19-29(18-17-21-11-7-6-8-12-21)34(32,33)24-15-13-22(14-16-24)26-20(3)30/h6-8,11-16H,4-5,9-10,17-19H2,1-3H3,(H,26,30)(H,28,31). The molecule has 2 rings (SSSR count). The molecule has 0 heterocycles. The van der Waals surface area contributed by atoms with E-state index in [1.807, 2.05) is 44.2 Å². The molecule has 184 valence electrons. The van der Waals surface area contributed by atoms with Crippen molar-refractivity contribution in [2.24, 2.45) is 5.10 Å². The highest BCUT2D eigenvalue weighted by atomic mass is 32.2. The minimum atomic E-state index is -3.96. The number of carbonyl (C=O) groups is 2. The number of hydrogen-bond donors (Lipinski definition) is 2. The summed E-state index contributed by atoms with van der Waals surface area (Å²) in [6, 6.07) is 15.4. The smallest absolute Gasteiger partial charge is 0.255 e. The largest absolute Gasteiger partial charge is 0.326 e. The van der Waals surface area contributed by atoms with Crippen molar-refractivity contribution >= 4 is 33.2 Å². The number of sulfonamides is 1. The van der Waals surface area contributed by atoms with Gasteiger partial charge in [0.25, 0.3) is 5.91 Å². The molecule has 8 nitrogen and oxygen atoms in total. The summed E-state index contributed by atoms with van der Waals surface area (Å²) in [7, 11) is -3.96. The first-order valence-electron chi connectivity index (χ1n) is 11.5. The highest BCUT2D eigenvalue weighted by Crippen LogP contribution is 2.19. The fraction of sp³-hybridized carbons (Fsp3) is 0.400. The molecular weight excluding hydrogens is 452 g/mol. The predicted molar refractivity (Wildman–Crippen MR) is 135 cm³/mol. The quantitative estimate of drug-likeness (QED) is 0.330. The molecule has 0 radical (unpaired) electrons. The second-order valence-electron chi connectivity index (χ2n) is 7.99. The molecule has 9 heteroatoms. The summed E-state index contributed by atoms with van der Waals surface area (Å²) in [4.78, 5) is 23.9. The van der Waals surface area contributed by atoms with Crippen LogP contribution in [0.1, 0.15) is 52.0 Å². The molecule has 2 N–H and O–H groups in total. The lowest BCUT2D eigenvalue weighted by molar-refractivity contribution is -0.121. The van der Waals surface area contributed by atoms with Gasteiger partial charge in [-0.1, -0.05) is 57.0 Å². The van der Waals surface area contributed by atoms with E-state index in [0.717, 1.165) is 41.3 Å². The first-order valence-corrected chi connectivity index (χ1v) is 13.0. The summed E-state index contributed by atoms with van der Waals surface area (Å²) in [6.45, 7) is 5.25. The second-order valence-corrected chi connectivity index (χ2v) is 9.93. The molecule has 0 fully saturated rings. The van der Waals surface area contributed by atoms with Crippen LogP contribution in [-0.2, 0) is 26.0 Å². The lowest BCUT2D eigenvalue weighted by Gasteiger charge is -2.22. The average Bonchev–Trinajstić information content (AvgIpc) is 2.81. The Bertz CT molecular complexity index is 1060. The van der Waals surface area contributed by atoms with Gasteiger partial charge in [-0.2, -0.15) is 9.41 Å². The number of carbonyl (C=O) groups excluding carboxylic acids is 2. The Kier molecular flexibility index (Phi) is 10.9. The van der Waals surface area contributed by atoms with Gasteiger partial charge in [0.15, 0.2) is 0 Å². The van der Waals surface area contributed by atoms with E-state index in [9.17, 15) is 18.0 Å². The van der Waals surface area contributed by atoms with E-state index in [4.69, 9.17) is 0 Å². The van der Waals surface area contributed by atoms with Crippen LogP contribution in [0.2, 0.25) is 0 Å². The molecule has 0 aliphatic carbocycles. The van der Waals surface area contributed by atoms with Gasteiger partial charge in [-0.05, 0) is 49.1 Å². The predicted octanol–water partition coefficient (Wildman–Crippen LogP) is 3.95. The zero-order valence-corrected chi connectivity index (χ0v) is 20.9. The van der Waals surface area contributed by atoms with E-state index in [1.165, 1.54) is 31.2 Å². The molecule has 0 saturated heterocycles. The molecule has 0 saturated carbocycles. The third-order valence-corrected chi connectivity index (χ3v) is 6.90. The topological polar surface area (TPSA) is 108 Å². The summed E-state index contributed by atoms with van der Waals surface area (Å²) in [6.07, 6.45) is 3.86. The number of rotatable bonds is 13. The van der Waals surface area contributed by atoms with Crippen LogP contribution in [0.25, 0.3) is 0 Å². The Morgan fingerprint density at radius 1 is 0.941 bits per heavy atom. The number of nitrogens with zero attached hydrogens (tertiary/aromatic N) is 2. The summed E-state index contributed by atoms with van der Waals surface area (Å²) in [5.41, 5.74) is 4.89. The summed E-state index contributed by atoms with van der Waals surface area (Å²) in [5, 5.41) is 6.84. The van der Waals surface area contributed by atoms with Crippen molar-refractivity contribution in [3.8, 4) is 0 Å². The van der Waals surface area contributed by atoms with Crippen LogP contribution in [0.4, 0.5) is 5.69 Å². The molecule has 0 aliphatic rings. The monoisotopic (exact) mass is 486 g/mol. The molecule has 0 bridgehead atoms. The van der Waals surface area contributed by atoms with Gasteiger partial charge in [0, 0.05) is 24.9 Å². The minimum absolute atomic E-state index is 0.0450. The Balaban J connectivity index is 2.22. The second kappa shape index (κ2) is 13.6. The fourth-order valence-corrected chi connectivity index (χ4v) is 4.79. The Morgan fingerprint density at radius 2 is 1.56 bits per heavy atom. The average molecular weight is 487 g/mol. The fourth-order valence-electron chi connectivity index (χ4n) is 3.40. The van der Waals surface area contributed by atoms with E-state index in [2.05, 4.69) is 15.8 Å². The lowest BCUT2D eigenvalue weighted by atomic mass is 10.1. The zero-order valence-electron chi connectivity index (χ0n) is 20.1. The molecule has 0 aromatic heterocycles. The van der Waals surface area contributed by atoms with Crippen molar-refractivity contribution in [2.75, 3.05) is 18.4 Å². The van der Waals surface area contributed by atoms with Crippen LogP contribution in [0.3, 0.4) is 0 Å². The highest BCUT2D eigenvalue weighted by molar-refractivity contribution is 7.89. The Labute approximate surface area is 202 Å². The molecular formula is C25H34N4O4S. The maximum atomic E-state index is 13.4. The van der Waals surface area contributed by atoms with E-state index in [-0.39, 0.29) is 23.9 Å². The summed E-state index contributed by atoms with van der Waals surface area (Å²) in [5.74, 6) is -0.737. The van der Waals surface area contributed by atoms with Gasteiger partial charge in [0.1, 0.15) is 0 Å². The van der Waals surface area contributed by atoms with Crippen molar-refractivity contribution in [3.05, 3.63) is 60.2 Å². The number of hydrogen-bond acceptors (Lipinski definition) is 5. The highest BCUT2D eigenvalue weighted by Gasteiger charge is 2.26. The van der Waals surface area contributed by atoms with Crippen LogP contribution in [0, 0.1) is 0 Å². The Morgan fingerprint density at radius 3 is 2.12 bits per heavy atom. The Hall–Kier alpha value is -3.04. The first-order chi connectivity index (χ1) is 16.3. The first kappa shape index (κ1) is 27.2. The van der Waals surface area contributed by atoms with Crippen LogP contribution < -0.4 is 10.7 Å². The number of anilines is 1. The van der Waals surface area contributed by atoms with E-state index in [1.54, 1.807) is 0 Å². The molecule has 0 aliphatic heterocycles.